The summed E-state index contributed by atoms with van der Waals surface area (Å²) in [7, 11) is 0. The smallest absolute Gasteiger partial charge is 0.271 e. The maximum absolute atomic E-state index is 12.0. The fraction of sp³-hybridized carbons (Fsp3) is 1.00. The summed E-state index contributed by atoms with van der Waals surface area (Å²) in [6.45, 7) is 0. The monoisotopic (exact) mass is 180 g/mol. The number of rotatable bonds is 2. The lowest BCUT2D eigenvalue weighted by atomic mass is 9.38. The second-order valence-electron chi connectivity index (χ2n) is 4.25. The zero-order valence-electron chi connectivity index (χ0n) is 6.54. The van der Waals surface area contributed by atoms with Crippen LogP contribution in [-0.2, 0) is 0 Å². The van der Waals surface area contributed by atoms with Crippen LogP contribution >= 0.6 is 0 Å². The van der Waals surface area contributed by atoms with Crippen molar-refractivity contribution in [3.05, 3.63) is 0 Å². The molecule has 0 aliphatic heterocycles. The summed E-state index contributed by atoms with van der Waals surface area (Å²) in [5.74, 6) is 5.20. The summed E-state index contributed by atoms with van der Waals surface area (Å²) in [4.78, 5) is 0. The summed E-state index contributed by atoms with van der Waals surface area (Å²) < 4.78 is 35.9. The van der Waals surface area contributed by atoms with E-state index >= 15 is 0 Å². The highest BCUT2D eigenvalue weighted by molar-refractivity contribution is 5.22. The van der Waals surface area contributed by atoms with Gasteiger partial charge in [-0.25, -0.2) is 0 Å². The van der Waals surface area contributed by atoms with Gasteiger partial charge in [-0.1, -0.05) is 0 Å². The van der Waals surface area contributed by atoms with Gasteiger partial charge < -0.3 is 0 Å². The van der Waals surface area contributed by atoms with E-state index in [9.17, 15) is 13.2 Å². The molecule has 0 aromatic carbocycles. The molecule has 70 valence electrons. The first-order valence-electron chi connectivity index (χ1n) is 3.93. The van der Waals surface area contributed by atoms with Gasteiger partial charge in [0.05, 0.1) is 0 Å². The van der Waals surface area contributed by atoms with E-state index in [0.717, 1.165) is 0 Å². The van der Waals surface area contributed by atoms with Gasteiger partial charge in [0.2, 0.25) is 0 Å². The number of nitrogens with two attached hydrogens (primary N) is 1. The number of hydrogen-bond donors (Lipinski definition) is 2. The molecule has 0 saturated heterocycles. The molecule has 2 nitrogen and oxygen atoms in total. The average Bonchev–Trinajstić information content (AvgIpc) is 1.72. The number of halogens is 3. The van der Waals surface area contributed by atoms with Crippen molar-refractivity contribution in [3.63, 3.8) is 0 Å². The standard InChI is InChI=1S/C7H11F3N2/c8-7(9,10)4-5-1-6(2-5,3-5)12-11/h12H,1-4,11H2. The summed E-state index contributed by atoms with van der Waals surface area (Å²) in [6, 6.07) is 0. The third kappa shape index (κ3) is 1.03. The molecule has 3 fully saturated rings. The Kier molecular flexibility index (Phi) is 1.36. The molecule has 0 aromatic heterocycles. The predicted molar refractivity (Wildman–Crippen MR) is 37.0 cm³/mol. The van der Waals surface area contributed by atoms with Gasteiger partial charge in [-0.05, 0) is 24.7 Å². The van der Waals surface area contributed by atoms with Crippen molar-refractivity contribution >= 4 is 0 Å². The quantitative estimate of drug-likeness (QED) is 0.497. The lowest BCUT2D eigenvalue weighted by Crippen LogP contribution is -2.75. The largest absolute Gasteiger partial charge is 0.389 e. The maximum atomic E-state index is 12.0. The lowest BCUT2D eigenvalue weighted by molar-refractivity contribution is -0.238. The Labute approximate surface area is 68.3 Å². The minimum atomic E-state index is -4.01. The molecule has 0 amide bonds. The van der Waals surface area contributed by atoms with Crippen LogP contribution in [0, 0.1) is 5.41 Å². The molecule has 3 rings (SSSR count). The Morgan fingerprint density at radius 3 is 2.08 bits per heavy atom. The van der Waals surface area contributed by atoms with Crippen molar-refractivity contribution in [2.45, 2.75) is 37.4 Å². The Hall–Kier alpha value is -0.290. The molecule has 0 heterocycles. The van der Waals surface area contributed by atoms with Crippen molar-refractivity contribution in [1.82, 2.24) is 5.43 Å². The first-order chi connectivity index (χ1) is 5.39. The van der Waals surface area contributed by atoms with E-state index in [1.807, 2.05) is 0 Å². The van der Waals surface area contributed by atoms with Crippen LogP contribution in [0.15, 0.2) is 0 Å². The molecule has 5 heteroatoms. The fourth-order valence-corrected chi connectivity index (χ4v) is 2.76. The molecule has 3 saturated carbocycles. The first-order valence-corrected chi connectivity index (χ1v) is 3.93. The van der Waals surface area contributed by atoms with Gasteiger partial charge >= 0.3 is 6.18 Å². The summed E-state index contributed by atoms with van der Waals surface area (Å²) in [5.41, 5.74) is 2.00. The van der Waals surface area contributed by atoms with E-state index in [1.165, 1.54) is 0 Å². The van der Waals surface area contributed by atoms with Gasteiger partial charge in [0, 0.05) is 12.0 Å². The molecule has 0 spiro atoms. The number of hydrazine groups is 1. The van der Waals surface area contributed by atoms with Crippen LogP contribution in [0.4, 0.5) is 13.2 Å². The van der Waals surface area contributed by atoms with Crippen molar-refractivity contribution < 1.29 is 13.2 Å². The van der Waals surface area contributed by atoms with Gasteiger partial charge in [-0.15, -0.1) is 0 Å². The van der Waals surface area contributed by atoms with Gasteiger partial charge in [-0.3, -0.25) is 11.3 Å². The SMILES string of the molecule is NNC12CC(CC(F)(F)F)(C1)C2. The van der Waals surface area contributed by atoms with Gasteiger partial charge in [-0.2, -0.15) is 13.2 Å². The van der Waals surface area contributed by atoms with Gasteiger partial charge in [0.15, 0.2) is 0 Å². The fourth-order valence-electron chi connectivity index (χ4n) is 2.76. The van der Waals surface area contributed by atoms with Crippen LogP contribution in [0.1, 0.15) is 25.7 Å². The highest BCUT2D eigenvalue weighted by atomic mass is 19.4. The van der Waals surface area contributed by atoms with Crippen LogP contribution in [0.3, 0.4) is 0 Å². The Balaban J connectivity index is 1.88. The third-order valence-corrected chi connectivity index (χ3v) is 3.02. The van der Waals surface area contributed by atoms with Gasteiger partial charge in [0.25, 0.3) is 0 Å². The number of nitrogens with one attached hydrogen (secondary N) is 1. The highest BCUT2D eigenvalue weighted by Crippen LogP contribution is 2.70. The molecule has 0 atom stereocenters. The van der Waals surface area contributed by atoms with Crippen molar-refractivity contribution in [2.24, 2.45) is 11.3 Å². The Morgan fingerprint density at radius 1 is 1.25 bits per heavy atom. The van der Waals surface area contributed by atoms with Crippen LogP contribution in [-0.4, -0.2) is 11.7 Å². The highest BCUT2D eigenvalue weighted by Gasteiger charge is 2.69. The van der Waals surface area contributed by atoms with E-state index in [2.05, 4.69) is 5.43 Å². The minimum Gasteiger partial charge on any atom is -0.271 e. The summed E-state index contributed by atoms with van der Waals surface area (Å²) in [6.07, 6.45) is -2.87. The molecule has 3 N–H and O–H groups in total. The zero-order valence-corrected chi connectivity index (χ0v) is 6.54. The molecule has 0 aromatic rings. The zero-order chi connectivity index (χ0) is 9.04. The second-order valence-corrected chi connectivity index (χ2v) is 4.25. The summed E-state index contributed by atoms with van der Waals surface area (Å²) in [5, 5.41) is 0. The Morgan fingerprint density at radius 2 is 1.75 bits per heavy atom. The molecule has 3 aliphatic carbocycles. The lowest BCUT2D eigenvalue weighted by Gasteiger charge is -2.70. The van der Waals surface area contributed by atoms with Crippen LogP contribution in [0.2, 0.25) is 0 Å². The van der Waals surface area contributed by atoms with E-state index < -0.39 is 18.0 Å². The van der Waals surface area contributed by atoms with E-state index in [0.29, 0.717) is 19.3 Å². The molecule has 0 radical (unpaired) electrons. The van der Waals surface area contributed by atoms with Gasteiger partial charge in [0.1, 0.15) is 0 Å². The van der Waals surface area contributed by atoms with E-state index in [1.54, 1.807) is 0 Å². The van der Waals surface area contributed by atoms with Crippen molar-refractivity contribution in [3.8, 4) is 0 Å². The Bertz CT molecular complexity index is 191. The molecule has 0 unspecified atom stereocenters. The minimum absolute atomic E-state index is 0.134. The summed E-state index contributed by atoms with van der Waals surface area (Å²) >= 11 is 0. The first kappa shape index (κ1) is 8.31. The van der Waals surface area contributed by atoms with Crippen molar-refractivity contribution in [2.75, 3.05) is 0 Å². The molecule has 2 bridgehead atoms. The maximum Gasteiger partial charge on any atom is 0.389 e. The molecule has 12 heavy (non-hydrogen) atoms. The molecule has 3 aliphatic rings. The number of hydrogen-bond acceptors (Lipinski definition) is 2. The van der Waals surface area contributed by atoms with Crippen LogP contribution in [0.25, 0.3) is 0 Å². The predicted octanol–water partition coefficient (Wildman–Crippen LogP) is 1.32. The average molecular weight is 180 g/mol. The number of alkyl halides is 3. The van der Waals surface area contributed by atoms with Crippen molar-refractivity contribution in [1.29, 1.82) is 0 Å². The second kappa shape index (κ2) is 1.96. The van der Waals surface area contributed by atoms with Crippen LogP contribution < -0.4 is 11.3 Å². The van der Waals surface area contributed by atoms with Crippen LogP contribution in [0.5, 0.6) is 0 Å². The topological polar surface area (TPSA) is 38.0 Å². The van der Waals surface area contributed by atoms with E-state index in [-0.39, 0.29) is 5.54 Å². The normalized spacial score (nSPS) is 45.0. The third-order valence-electron chi connectivity index (χ3n) is 3.02. The van der Waals surface area contributed by atoms with E-state index in [4.69, 9.17) is 5.84 Å². The molecular weight excluding hydrogens is 169 g/mol. The molecular formula is C7H11F3N2.